The number of carbonyl (C=O) groups is 2. The molecule has 1 heterocycles. The first-order valence-corrected chi connectivity index (χ1v) is 5.70. The Bertz CT molecular complexity index is 679. The number of halogens is 2. The number of carboxylic acids is 1. The molecule has 0 fully saturated rings. The van der Waals surface area contributed by atoms with Crippen LogP contribution < -0.4 is 0 Å². The minimum Gasteiger partial charge on any atom is -0.477 e. The Morgan fingerprint density at radius 3 is 2.53 bits per heavy atom. The molecule has 0 spiro atoms. The molecular weight excluding hydrogens is 273 g/mol. The molecular formula is C13H9ClFNO3. The van der Waals surface area contributed by atoms with Gasteiger partial charge >= 0.3 is 5.97 Å². The first-order chi connectivity index (χ1) is 8.90. The van der Waals surface area contributed by atoms with E-state index >= 15 is 0 Å². The van der Waals surface area contributed by atoms with E-state index in [-0.39, 0.29) is 27.8 Å². The highest BCUT2D eigenvalue weighted by Crippen LogP contribution is 2.21. The van der Waals surface area contributed by atoms with Gasteiger partial charge in [-0.25, -0.2) is 9.18 Å². The molecule has 0 bridgehead atoms. The predicted octanol–water partition coefficient (Wildman–Crippen LogP) is 3.17. The second kappa shape index (κ2) is 4.85. The number of benzene rings is 1. The average molecular weight is 282 g/mol. The van der Waals surface area contributed by atoms with E-state index in [0.29, 0.717) is 0 Å². The predicted molar refractivity (Wildman–Crippen MR) is 67.7 cm³/mol. The third kappa shape index (κ3) is 2.51. The summed E-state index contributed by atoms with van der Waals surface area (Å²) >= 11 is 5.57. The zero-order valence-electron chi connectivity index (χ0n) is 9.85. The standard InChI is InChI=1S/C13H9ClFNO3/c1-7(17)8-4-12(13(18)19)16(6-8)9-2-3-10(14)11(15)5-9/h2-6H,1H3,(H,18,19). The van der Waals surface area contributed by atoms with Crippen molar-refractivity contribution in [2.75, 3.05) is 0 Å². The summed E-state index contributed by atoms with van der Waals surface area (Å²) in [5.41, 5.74) is 0.409. The van der Waals surface area contributed by atoms with Crippen molar-refractivity contribution in [2.45, 2.75) is 6.92 Å². The fourth-order valence-corrected chi connectivity index (χ4v) is 1.79. The molecule has 0 aliphatic heterocycles. The Kier molecular flexibility index (Phi) is 3.40. The van der Waals surface area contributed by atoms with Gasteiger partial charge in [0.2, 0.25) is 0 Å². The van der Waals surface area contributed by atoms with Crippen molar-refractivity contribution >= 4 is 23.4 Å². The van der Waals surface area contributed by atoms with Crippen LogP contribution in [0.5, 0.6) is 0 Å². The lowest BCUT2D eigenvalue weighted by Crippen LogP contribution is -2.05. The smallest absolute Gasteiger partial charge is 0.352 e. The maximum Gasteiger partial charge on any atom is 0.352 e. The van der Waals surface area contributed by atoms with E-state index in [0.717, 1.165) is 6.07 Å². The number of Topliss-reactive ketones (excluding diaryl/α,β-unsaturated/α-hetero) is 1. The lowest BCUT2D eigenvalue weighted by Gasteiger charge is -2.06. The summed E-state index contributed by atoms with van der Waals surface area (Å²) in [5.74, 6) is -2.13. The van der Waals surface area contributed by atoms with Crippen LogP contribution in [0.4, 0.5) is 4.39 Å². The number of carboxylic acid groups (broad SMARTS) is 1. The van der Waals surface area contributed by atoms with Gasteiger partial charge < -0.3 is 9.67 Å². The molecule has 0 aliphatic carbocycles. The van der Waals surface area contributed by atoms with Crippen molar-refractivity contribution in [3.05, 3.63) is 52.6 Å². The first-order valence-electron chi connectivity index (χ1n) is 5.32. The summed E-state index contributed by atoms with van der Waals surface area (Å²) in [5, 5.41) is 9.04. The highest BCUT2D eigenvalue weighted by atomic mass is 35.5. The topological polar surface area (TPSA) is 59.3 Å². The van der Waals surface area contributed by atoms with Crippen molar-refractivity contribution < 1.29 is 19.1 Å². The summed E-state index contributed by atoms with van der Waals surface area (Å²) in [6, 6.07) is 5.16. The molecule has 0 saturated heterocycles. The van der Waals surface area contributed by atoms with Crippen molar-refractivity contribution in [1.82, 2.24) is 4.57 Å². The van der Waals surface area contributed by atoms with Gasteiger partial charge in [0.1, 0.15) is 11.5 Å². The Morgan fingerprint density at radius 2 is 2.00 bits per heavy atom. The molecule has 6 heteroatoms. The average Bonchev–Trinajstić information content (AvgIpc) is 2.78. The van der Waals surface area contributed by atoms with Crippen LogP contribution in [0.1, 0.15) is 27.8 Å². The van der Waals surface area contributed by atoms with Crippen molar-refractivity contribution in [2.24, 2.45) is 0 Å². The van der Waals surface area contributed by atoms with Crippen LogP contribution in [0.3, 0.4) is 0 Å². The number of carbonyl (C=O) groups excluding carboxylic acids is 1. The molecule has 0 aliphatic rings. The van der Waals surface area contributed by atoms with E-state index < -0.39 is 11.8 Å². The van der Waals surface area contributed by atoms with E-state index in [4.69, 9.17) is 16.7 Å². The zero-order valence-corrected chi connectivity index (χ0v) is 10.6. The van der Waals surface area contributed by atoms with Crippen molar-refractivity contribution in [3.8, 4) is 5.69 Å². The molecule has 0 unspecified atom stereocenters. The quantitative estimate of drug-likeness (QED) is 0.879. The number of aromatic carboxylic acids is 1. The van der Waals surface area contributed by atoms with Crippen LogP contribution in [0.25, 0.3) is 5.69 Å². The van der Waals surface area contributed by atoms with Gasteiger partial charge in [-0.15, -0.1) is 0 Å². The molecule has 98 valence electrons. The van der Waals surface area contributed by atoms with Gasteiger partial charge in [-0.1, -0.05) is 11.6 Å². The van der Waals surface area contributed by atoms with Crippen LogP contribution in [-0.4, -0.2) is 21.4 Å². The monoisotopic (exact) mass is 281 g/mol. The summed E-state index contributed by atoms with van der Waals surface area (Å²) < 4.78 is 14.6. The molecule has 1 aromatic heterocycles. The van der Waals surface area contributed by atoms with Gasteiger partial charge in [-0.2, -0.15) is 0 Å². The molecule has 19 heavy (non-hydrogen) atoms. The molecule has 0 amide bonds. The minimum absolute atomic E-state index is 0.0560. The second-order valence-electron chi connectivity index (χ2n) is 3.94. The molecule has 2 aromatic rings. The number of nitrogens with zero attached hydrogens (tertiary/aromatic N) is 1. The largest absolute Gasteiger partial charge is 0.477 e. The number of hydrogen-bond donors (Lipinski definition) is 1. The summed E-state index contributed by atoms with van der Waals surface area (Å²) in [7, 11) is 0. The molecule has 1 N–H and O–H groups in total. The van der Waals surface area contributed by atoms with Crippen molar-refractivity contribution in [3.63, 3.8) is 0 Å². The van der Waals surface area contributed by atoms with Gasteiger partial charge in [0.15, 0.2) is 5.78 Å². The first kappa shape index (κ1) is 13.3. The molecule has 2 rings (SSSR count). The SMILES string of the molecule is CC(=O)c1cc(C(=O)O)n(-c2ccc(Cl)c(F)c2)c1. The Labute approximate surface area is 113 Å². The maximum atomic E-state index is 13.4. The Hall–Kier alpha value is -2.14. The molecule has 4 nitrogen and oxygen atoms in total. The second-order valence-corrected chi connectivity index (χ2v) is 4.35. The van der Waals surface area contributed by atoms with E-state index in [1.807, 2.05) is 0 Å². The van der Waals surface area contributed by atoms with E-state index in [1.54, 1.807) is 0 Å². The van der Waals surface area contributed by atoms with E-state index in [1.165, 1.54) is 35.9 Å². The van der Waals surface area contributed by atoms with Gasteiger partial charge in [-0.05, 0) is 31.2 Å². The van der Waals surface area contributed by atoms with Crippen molar-refractivity contribution in [1.29, 1.82) is 0 Å². The van der Waals surface area contributed by atoms with E-state index in [2.05, 4.69) is 0 Å². The highest BCUT2D eigenvalue weighted by molar-refractivity contribution is 6.30. The summed E-state index contributed by atoms with van der Waals surface area (Å²) in [4.78, 5) is 22.4. The van der Waals surface area contributed by atoms with Crippen LogP contribution >= 0.6 is 11.6 Å². The molecule has 0 saturated carbocycles. The van der Waals surface area contributed by atoms with Crippen LogP contribution in [-0.2, 0) is 0 Å². The van der Waals surface area contributed by atoms with Gasteiger partial charge in [0.25, 0.3) is 0 Å². The number of hydrogen-bond acceptors (Lipinski definition) is 2. The Morgan fingerprint density at radius 1 is 1.32 bits per heavy atom. The van der Waals surface area contributed by atoms with Gasteiger partial charge in [0.05, 0.1) is 5.02 Å². The third-order valence-corrected chi connectivity index (χ3v) is 2.93. The summed E-state index contributed by atoms with van der Waals surface area (Å²) in [6.07, 6.45) is 1.36. The third-order valence-electron chi connectivity index (χ3n) is 2.63. The molecule has 0 radical (unpaired) electrons. The van der Waals surface area contributed by atoms with Crippen LogP contribution in [0.2, 0.25) is 5.02 Å². The number of aromatic nitrogens is 1. The molecule has 0 atom stereocenters. The highest BCUT2D eigenvalue weighted by Gasteiger charge is 2.16. The fraction of sp³-hybridized carbons (Fsp3) is 0.0769. The Balaban J connectivity index is 2.62. The minimum atomic E-state index is -1.21. The lowest BCUT2D eigenvalue weighted by molar-refractivity contribution is 0.0688. The number of ketones is 1. The summed E-state index contributed by atoms with van der Waals surface area (Å²) in [6.45, 7) is 1.33. The molecule has 1 aromatic carbocycles. The number of rotatable bonds is 3. The van der Waals surface area contributed by atoms with Gasteiger partial charge in [0, 0.05) is 17.4 Å². The van der Waals surface area contributed by atoms with E-state index in [9.17, 15) is 14.0 Å². The normalized spacial score (nSPS) is 10.5. The fourth-order valence-electron chi connectivity index (χ4n) is 1.67. The van der Waals surface area contributed by atoms with Crippen LogP contribution in [0.15, 0.2) is 30.5 Å². The van der Waals surface area contributed by atoms with Gasteiger partial charge in [-0.3, -0.25) is 4.79 Å². The lowest BCUT2D eigenvalue weighted by atomic mass is 10.2. The zero-order chi connectivity index (χ0) is 14.2. The maximum absolute atomic E-state index is 13.4. The van der Waals surface area contributed by atoms with Crippen LogP contribution in [0, 0.1) is 5.82 Å².